The van der Waals surface area contributed by atoms with E-state index in [9.17, 15) is 4.79 Å². The van der Waals surface area contributed by atoms with Gasteiger partial charge in [0, 0.05) is 25.0 Å². The molecule has 1 saturated carbocycles. The van der Waals surface area contributed by atoms with Crippen molar-refractivity contribution in [2.45, 2.75) is 31.7 Å². The van der Waals surface area contributed by atoms with Crippen molar-refractivity contribution in [1.82, 2.24) is 4.98 Å². The minimum atomic E-state index is 0.0763. The normalized spacial score (nSPS) is 22.5. The Bertz CT molecular complexity index is 480. The van der Waals surface area contributed by atoms with Gasteiger partial charge < -0.3 is 15.8 Å². The molecule has 0 aromatic carbocycles. The summed E-state index contributed by atoms with van der Waals surface area (Å²) < 4.78 is 5.41. The van der Waals surface area contributed by atoms with Gasteiger partial charge in [0.2, 0.25) is 5.91 Å². The number of aromatic nitrogens is 1. The predicted molar refractivity (Wildman–Crippen MR) is 71.7 cm³/mol. The molecule has 1 aliphatic carbocycles. The molecule has 3 rings (SSSR count). The first-order valence-corrected chi connectivity index (χ1v) is 6.86. The lowest BCUT2D eigenvalue weighted by atomic mass is 9.97. The molecule has 5 nitrogen and oxygen atoms in total. The molecule has 1 atom stereocenters. The molecule has 102 valence electrons. The van der Waals surface area contributed by atoms with Crippen molar-refractivity contribution in [3.05, 3.63) is 23.4 Å². The van der Waals surface area contributed by atoms with Crippen LogP contribution in [0.25, 0.3) is 0 Å². The van der Waals surface area contributed by atoms with Crippen LogP contribution in [0.1, 0.15) is 36.4 Å². The minimum Gasteiger partial charge on any atom is -0.381 e. The summed E-state index contributed by atoms with van der Waals surface area (Å²) in [6.07, 6.45) is 3.00. The zero-order valence-corrected chi connectivity index (χ0v) is 10.9. The smallest absolute Gasteiger partial charge is 0.228 e. The van der Waals surface area contributed by atoms with Gasteiger partial charge in [-0.05, 0) is 30.9 Å². The number of nitrogens with two attached hydrogens (primary N) is 1. The van der Waals surface area contributed by atoms with Gasteiger partial charge in [0.1, 0.15) is 5.82 Å². The Morgan fingerprint density at radius 1 is 1.42 bits per heavy atom. The van der Waals surface area contributed by atoms with E-state index in [1.807, 2.05) is 12.1 Å². The van der Waals surface area contributed by atoms with Gasteiger partial charge in [0.05, 0.1) is 12.3 Å². The molecule has 1 unspecified atom stereocenters. The van der Waals surface area contributed by atoms with Crippen LogP contribution in [0.3, 0.4) is 0 Å². The largest absolute Gasteiger partial charge is 0.381 e. The van der Waals surface area contributed by atoms with Crippen molar-refractivity contribution in [1.29, 1.82) is 0 Å². The third-order valence-electron chi connectivity index (χ3n) is 3.77. The molecule has 0 radical (unpaired) electrons. The molecular weight excluding hydrogens is 242 g/mol. The summed E-state index contributed by atoms with van der Waals surface area (Å²) in [6.45, 7) is 1.93. The highest BCUT2D eigenvalue weighted by molar-refractivity contribution is 5.93. The zero-order valence-electron chi connectivity index (χ0n) is 10.9. The third kappa shape index (κ3) is 2.77. The number of rotatable bonds is 4. The number of hydrogen-bond acceptors (Lipinski definition) is 4. The van der Waals surface area contributed by atoms with E-state index in [0.29, 0.717) is 18.3 Å². The van der Waals surface area contributed by atoms with Gasteiger partial charge in [-0.25, -0.2) is 4.98 Å². The van der Waals surface area contributed by atoms with Gasteiger partial charge in [0.25, 0.3) is 0 Å². The average molecular weight is 261 g/mol. The summed E-state index contributed by atoms with van der Waals surface area (Å²) in [4.78, 5) is 16.2. The standard InChI is InChI=1S/C14H19N3O2/c15-7-12-11(10-5-6-19-8-10)3-4-13(16-12)17-14(18)9-1-2-9/h3-4,9-10H,1-2,5-8,15H2,(H,16,17,18). The van der Waals surface area contributed by atoms with E-state index in [1.165, 1.54) is 0 Å². The fourth-order valence-corrected chi connectivity index (χ4v) is 2.47. The number of nitrogens with one attached hydrogen (secondary N) is 1. The second kappa shape index (κ2) is 5.27. The van der Waals surface area contributed by atoms with Crippen LogP contribution in [0.4, 0.5) is 5.82 Å². The van der Waals surface area contributed by atoms with Gasteiger partial charge in [-0.2, -0.15) is 0 Å². The molecule has 3 N–H and O–H groups in total. The van der Waals surface area contributed by atoms with Crippen LogP contribution in [0.15, 0.2) is 12.1 Å². The lowest BCUT2D eigenvalue weighted by Crippen LogP contribution is -2.16. The Morgan fingerprint density at radius 3 is 2.89 bits per heavy atom. The van der Waals surface area contributed by atoms with Crippen LogP contribution < -0.4 is 11.1 Å². The number of hydrogen-bond donors (Lipinski definition) is 2. The SMILES string of the molecule is NCc1nc(NC(=O)C2CC2)ccc1C1CCOC1. The lowest BCUT2D eigenvalue weighted by Gasteiger charge is -2.14. The van der Waals surface area contributed by atoms with Crippen LogP contribution >= 0.6 is 0 Å². The first-order chi connectivity index (χ1) is 9.28. The predicted octanol–water partition coefficient (Wildman–Crippen LogP) is 1.39. The molecule has 2 fully saturated rings. The number of ether oxygens (including phenoxy) is 1. The summed E-state index contributed by atoms with van der Waals surface area (Å²) in [6, 6.07) is 3.89. The van der Waals surface area contributed by atoms with E-state index < -0.39 is 0 Å². The Kier molecular flexibility index (Phi) is 3.48. The third-order valence-corrected chi connectivity index (χ3v) is 3.77. The van der Waals surface area contributed by atoms with Crippen LogP contribution in [0.5, 0.6) is 0 Å². The molecule has 0 spiro atoms. The molecule has 19 heavy (non-hydrogen) atoms. The zero-order chi connectivity index (χ0) is 13.2. The first kappa shape index (κ1) is 12.6. The van der Waals surface area contributed by atoms with E-state index in [-0.39, 0.29) is 11.8 Å². The Hall–Kier alpha value is -1.46. The van der Waals surface area contributed by atoms with Gasteiger partial charge in [0.15, 0.2) is 0 Å². The summed E-state index contributed by atoms with van der Waals surface area (Å²) in [7, 11) is 0. The van der Waals surface area contributed by atoms with Crippen molar-refractivity contribution in [3.8, 4) is 0 Å². The maximum atomic E-state index is 11.7. The molecule has 1 aromatic heterocycles. The maximum absolute atomic E-state index is 11.7. The monoisotopic (exact) mass is 261 g/mol. The quantitative estimate of drug-likeness (QED) is 0.858. The topological polar surface area (TPSA) is 77.2 Å². The first-order valence-electron chi connectivity index (χ1n) is 6.86. The van der Waals surface area contributed by atoms with Crippen molar-refractivity contribution < 1.29 is 9.53 Å². The van der Waals surface area contributed by atoms with Gasteiger partial charge >= 0.3 is 0 Å². The van der Waals surface area contributed by atoms with Gasteiger partial charge in [-0.3, -0.25) is 4.79 Å². The number of pyridine rings is 1. The van der Waals surface area contributed by atoms with Crippen molar-refractivity contribution >= 4 is 11.7 Å². The van der Waals surface area contributed by atoms with Crippen LogP contribution in [-0.4, -0.2) is 24.1 Å². The molecular formula is C14H19N3O2. The Morgan fingerprint density at radius 2 is 2.26 bits per heavy atom. The van der Waals surface area contributed by atoms with E-state index in [4.69, 9.17) is 10.5 Å². The van der Waals surface area contributed by atoms with E-state index >= 15 is 0 Å². The van der Waals surface area contributed by atoms with Crippen molar-refractivity contribution in [2.75, 3.05) is 18.5 Å². The Labute approximate surface area is 112 Å². The highest BCUT2D eigenvalue weighted by Gasteiger charge is 2.30. The lowest BCUT2D eigenvalue weighted by molar-refractivity contribution is -0.117. The molecule has 2 aliphatic rings. The molecule has 0 bridgehead atoms. The fraction of sp³-hybridized carbons (Fsp3) is 0.571. The summed E-state index contributed by atoms with van der Waals surface area (Å²) in [5.41, 5.74) is 7.80. The molecule has 1 aliphatic heterocycles. The number of carbonyl (C=O) groups excluding carboxylic acids is 1. The van der Waals surface area contributed by atoms with Crippen LogP contribution in [0, 0.1) is 5.92 Å². The molecule has 5 heteroatoms. The van der Waals surface area contributed by atoms with E-state index in [0.717, 1.165) is 43.7 Å². The van der Waals surface area contributed by atoms with Crippen LogP contribution in [0.2, 0.25) is 0 Å². The van der Waals surface area contributed by atoms with Crippen LogP contribution in [-0.2, 0) is 16.1 Å². The van der Waals surface area contributed by atoms with Crippen molar-refractivity contribution in [2.24, 2.45) is 11.7 Å². The number of carbonyl (C=O) groups is 1. The van der Waals surface area contributed by atoms with E-state index in [2.05, 4.69) is 10.3 Å². The molecule has 2 heterocycles. The number of amides is 1. The minimum absolute atomic E-state index is 0.0763. The highest BCUT2D eigenvalue weighted by atomic mass is 16.5. The molecule has 1 aromatic rings. The second-order valence-corrected chi connectivity index (χ2v) is 5.26. The average Bonchev–Trinajstić information content (AvgIpc) is 3.15. The van der Waals surface area contributed by atoms with Crippen molar-refractivity contribution in [3.63, 3.8) is 0 Å². The Balaban J connectivity index is 1.77. The molecule has 1 amide bonds. The summed E-state index contributed by atoms with van der Waals surface area (Å²) in [5, 5.41) is 2.86. The fourth-order valence-electron chi connectivity index (χ4n) is 2.47. The number of nitrogens with zero attached hydrogens (tertiary/aromatic N) is 1. The highest BCUT2D eigenvalue weighted by Crippen LogP contribution is 2.31. The summed E-state index contributed by atoms with van der Waals surface area (Å²) in [5.74, 6) is 1.26. The van der Waals surface area contributed by atoms with Gasteiger partial charge in [-0.1, -0.05) is 6.07 Å². The van der Waals surface area contributed by atoms with Gasteiger partial charge in [-0.15, -0.1) is 0 Å². The van der Waals surface area contributed by atoms with E-state index in [1.54, 1.807) is 0 Å². The summed E-state index contributed by atoms with van der Waals surface area (Å²) >= 11 is 0. The maximum Gasteiger partial charge on any atom is 0.228 e. The molecule has 1 saturated heterocycles. The number of anilines is 1. The second-order valence-electron chi connectivity index (χ2n) is 5.26.